The van der Waals surface area contributed by atoms with Crippen molar-refractivity contribution in [2.24, 2.45) is 0 Å². The molecule has 1 aliphatic rings. The van der Waals surface area contributed by atoms with Gasteiger partial charge in [-0.2, -0.15) is 15.0 Å². The highest BCUT2D eigenvalue weighted by molar-refractivity contribution is 5.92. The van der Waals surface area contributed by atoms with Gasteiger partial charge in [0, 0.05) is 19.3 Å². The van der Waals surface area contributed by atoms with E-state index in [9.17, 15) is 4.79 Å². The number of carbonyl (C=O) groups is 1. The number of amides is 1. The first-order valence-electron chi connectivity index (χ1n) is 8.48. The summed E-state index contributed by atoms with van der Waals surface area (Å²) >= 11 is 0. The molecule has 1 aromatic carbocycles. The van der Waals surface area contributed by atoms with Gasteiger partial charge in [-0.1, -0.05) is 18.2 Å². The second-order valence-electron chi connectivity index (χ2n) is 6.40. The molecule has 7 heteroatoms. The van der Waals surface area contributed by atoms with Gasteiger partial charge in [-0.05, 0) is 37.5 Å². The van der Waals surface area contributed by atoms with E-state index in [-0.39, 0.29) is 11.9 Å². The number of piperidine rings is 1. The lowest BCUT2D eigenvalue weighted by Gasteiger charge is -2.32. The number of hydrogen-bond donors (Lipinski definition) is 0. The van der Waals surface area contributed by atoms with Crippen molar-refractivity contribution >= 4 is 5.91 Å². The maximum atomic E-state index is 12.8. The van der Waals surface area contributed by atoms with Crippen LogP contribution in [-0.2, 0) is 0 Å². The number of aryl methyl sites for hydroxylation is 1. The van der Waals surface area contributed by atoms with Crippen LogP contribution in [0.2, 0.25) is 0 Å². The van der Waals surface area contributed by atoms with Gasteiger partial charge in [0.05, 0.1) is 24.1 Å². The van der Waals surface area contributed by atoms with E-state index in [0.717, 1.165) is 30.6 Å². The molecule has 25 heavy (non-hydrogen) atoms. The van der Waals surface area contributed by atoms with Crippen molar-refractivity contribution in [3.05, 3.63) is 60.2 Å². The Labute approximate surface area is 145 Å². The number of likely N-dealkylation sites (tertiary alicyclic amines) is 1. The van der Waals surface area contributed by atoms with Crippen LogP contribution >= 0.6 is 0 Å². The molecule has 1 aliphatic heterocycles. The predicted octanol–water partition coefficient (Wildman–Crippen LogP) is 2.25. The van der Waals surface area contributed by atoms with Crippen LogP contribution in [0, 0.1) is 6.92 Å². The largest absolute Gasteiger partial charge is 0.335 e. The van der Waals surface area contributed by atoms with Gasteiger partial charge >= 0.3 is 0 Å². The summed E-state index contributed by atoms with van der Waals surface area (Å²) in [5.74, 6) is -0.0734. The number of benzene rings is 1. The monoisotopic (exact) mass is 336 g/mol. The van der Waals surface area contributed by atoms with Crippen molar-refractivity contribution in [3.8, 4) is 5.69 Å². The number of para-hydroxylation sites is 1. The summed E-state index contributed by atoms with van der Waals surface area (Å²) in [4.78, 5) is 16.2. The average Bonchev–Trinajstić information content (AvgIpc) is 3.31. The molecule has 0 radical (unpaired) electrons. The first-order chi connectivity index (χ1) is 12.2. The van der Waals surface area contributed by atoms with Crippen LogP contribution in [0.25, 0.3) is 5.69 Å². The molecule has 1 saturated heterocycles. The number of rotatable bonds is 3. The Hall–Kier alpha value is -2.96. The van der Waals surface area contributed by atoms with E-state index in [0.29, 0.717) is 12.2 Å². The Bertz CT molecular complexity index is 869. The molecule has 0 saturated carbocycles. The maximum absolute atomic E-state index is 12.8. The van der Waals surface area contributed by atoms with Crippen molar-refractivity contribution in [1.29, 1.82) is 0 Å². The topological polar surface area (TPSA) is 68.8 Å². The standard InChI is InChI=1S/C18H20N6O/c1-14-10-19-23(12-14)16-8-5-9-22(13-16)18(25)17-11-20-24(21-17)15-6-3-2-4-7-15/h2-4,6-7,10-12,16H,5,8-9,13H2,1H3. The Morgan fingerprint density at radius 2 is 2.00 bits per heavy atom. The van der Waals surface area contributed by atoms with E-state index in [1.54, 1.807) is 0 Å². The summed E-state index contributed by atoms with van der Waals surface area (Å²) in [6, 6.07) is 9.80. The SMILES string of the molecule is Cc1cnn(C2CCCN(C(=O)c3cnn(-c4ccccc4)n3)C2)c1. The zero-order valence-corrected chi connectivity index (χ0v) is 14.1. The van der Waals surface area contributed by atoms with Crippen molar-refractivity contribution in [1.82, 2.24) is 29.7 Å². The maximum Gasteiger partial charge on any atom is 0.276 e. The lowest BCUT2D eigenvalue weighted by molar-refractivity contribution is 0.0666. The molecule has 4 rings (SSSR count). The van der Waals surface area contributed by atoms with Crippen molar-refractivity contribution in [3.63, 3.8) is 0 Å². The summed E-state index contributed by atoms with van der Waals surface area (Å²) in [6.07, 6.45) is 7.41. The molecule has 0 aliphatic carbocycles. The summed E-state index contributed by atoms with van der Waals surface area (Å²) in [5.41, 5.74) is 2.35. The quantitative estimate of drug-likeness (QED) is 0.736. The second-order valence-corrected chi connectivity index (χ2v) is 6.40. The highest BCUT2D eigenvalue weighted by Gasteiger charge is 2.27. The fourth-order valence-corrected chi connectivity index (χ4v) is 3.20. The Morgan fingerprint density at radius 1 is 1.16 bits per heavy atom. The van der Waals surface area contributed by atoms with Gasteiger partial charge < -0.3 is 4.90 Å². The third-order valence-electron chi connectivity index (χ3n) is 4.49. The highest BCUT2D eigenvalue weighted by atomic mass is 16.2. The van der Waals surface area contributed by atoms with E-state index in [1.165, 1.54) is 11.0 Å². The molecule has 1 unspecified atom stereocenters. The fraction of sp³-hybridized carbons (Fsp3) is 0.333. The summed E-state index contributed by atoms with van der Waals surface area (Å²) < 4.78 is 1.97. The predicted molar refractivity (Wildman–Crippen MR) is 92.5 cm³/mol. The Balaban J connectivity index is 1.50. The molecular weight excluding hydrogens is 316 g/mol. The third-order valence-corrected chi connectivity index (χ3v) is 4.49. The number of nitrogens with zero attached hydrogens (tertiary/aromatic N) is 6. The van der Waals surface area contributed by atoms with Crippen LogP contribution in [-0.4, -0.2) is 48.7 Å². The van der Waals surface area contributed by atoms with Crippen LogP contribution in [0.5, 0.6) is 0 Å². The lowest BCUT2D eigenvalue weighted by atomic mass is 10.1. The molecule has 1 amide bonds. The number of carbonyl (C=O) groups excluding carboxylic acids is 1. The minimum atomic E-state index is -0.0734. The van der Waals surface area contributed by atoms with Crippen molar-refractivity contribution in [2.75, 3.05) is 13.1 Å². The zero-order chi connectivity index (χ0) is 17.2. The van der Waals surface area contributed by atoms with E-state index in [4.69, 9.17) is 0 Å². The van der Waals surface area contributed by atoms with Gasteiger partial charge in [0.2, 0.25) is 0 Å². The van der Waals surface area contributed by atoms with Crippen LogP contribution < -0.4 is 0 Å². The summed E-state index contributed by atoms with van der Waals surface area (Å²) in [6.45, 7) is 3.42. The zero-order valence-electron chi connectivity index (χ0n) is 14.1. The van der Waals surface area contributed by atoms with Gasteiger partial charge in [-0.3, -0.25) is 9.48 Å². The van der Waals surface area contributed by atoms with Crippen LogP contribution in [0.15, 0.2) is 48.9 Å². The fourth-order valence-electron chi connectivity index (χ4n) is 3.20. The van der Waals surface area contributed by atoms with Gasteiger partial charge in [0.15, 0.2) is 5.69 Å². The molecule has 7 nitrogen and oxygen atoms in total. The normalized spacial score (nSPS) is 17.6. The molecule has 1 atom stereocenters. The summed E-state index contributed by atoms with van der Waals surface area (Å²) in [5, 5.41) is 13.0. The van der Waals surface area contributed by atoms with Gasteiger partial charge in [-0.15, -0.1) is 5.10 Å². The van der Waals surface area contributed by atoms with Crippen molar-refractivity contribution < 1.29 is 4.79 Å². The molecule has 2 aromatic heterocycles. The molecule has 0 N–H and O–H groups in total. The van der Waals surface area contributed by atoms with E-state index >= 15 is 0 Å². The van der Waals surface area contributed by atoms with Gasteiger partial charge in [-0.25, -0.2) is 0 Å². The minimum Gasteiger partial charge on any atom is -0.335 e. The lowest BCUT2D eigenvalue weighted by Crippen LogP contribution is -2.41. The highest BCUT2D eigenvalue weighted by Crippen LogP contribution is 2.22. The molecule has 3 heterocycles. The molecule has 0 bridgehead atoms. The van der Waals surface area contributed by atoms with E-state index in [1.807, 2.05) is 59.2 Å². The first kappa shape index (κ1) is 15.6. The van der Waals surface area contributed by atoms with E-state index in [2.05, 4.69) is 15.3 Å². The van der Waals surface area contributed by atoms with Crippen LogP contribution in [0.1, 0.15) is 34.9 Å². The van der Waals surface area contributed by atoms with E-state index < -0.39 is 0 Å². The molecule has 1 fully saturated rings. The van der Waals surface area contributed by atoms with Gasteiger partial charge in [0.25, 0.3) is 5.91 Å². The first-order valence-corrected chi connectivity index (χ1v) is 8.48. The van der Waals surface area contributed by atoms with Crippen LogP contribution in [0.4, 0.5) is 0 Å². The van der Waals surface area contributed by atoms with Crippen LogP contribution in [0.3, 0.4) is 0 Å². The smallest absolute Gasteiger partial charge is 0.276 e. The molecular formula is C18H20N6O. The summed E-state index contributed by atoms with van der Waals surface area (Å²) in [7, 11) is 0. The third kappa shape index (κ3) is 3.17. The number of aromatic nitrogens is 5. The minimum absolute atomic E-state index is 0.0734. The average molecular weight is 336 g/mol. The Morgan fingerprint density at radius 3 is 2.76 bits per heavy atom. The van der Waals surface area contributed by atoms with Crippen molar-refractivity contribution in [2.45, 2.75) is 25.8 Å². The molecule has 3 aromatic rings. The number of hydrogen-bond acceptors (Lipinski definition) is 4. The molecule has 128 valence electrons. The van der Waals surface area contributed by atoms with Gasteiger partial charge in [0.1, 0.15) is 0 Å². The second kappa shape index (κ2) is 6.51. The Kier molecular flexibility index (Phi) is 4.05. The molecule has 0 spiro atoms.